The molecule has 1 rings (SSSR count). The summed E-state index contributed by atoms with van der Waals surface area (Å²) in [6, 6.07) is 1.69. The number of hydrogen-bond donors (Lipinski definition) is 4. The van der Waals surface area contributed by atoms with Crippen molar-refractivity contribution in [2.24, 2.45) is 0 Å². The fraction of sp³-hybridized carbons (Fsp3) is 0. The predicted octanol–water partition coefficient (Wildman–Crippen LogP) is -1.33. The monoisotopic (exact) mass is 425 g/mol. The van der Waals surface area contributed by atoms with E-state index in [9.17, 15) is 4.79 Å². The van der Waals surface area contributed by atoms with Gasteiger partial charge in [0.2, 0.25) is 0 Å². The zero-order valence-electron chi connectivity index (χ0n) is 6.43. The third kappa shape index (κ3) is 6.13. The Hall–Kier alpha value is 1.53. The van der Waals surface area contributed by atoms with Gasteiger partial charge in [-0.05, 0) is 12.1 Å². The van der Waals surface area contributed by atoms with E-state index in [1.165, 1.54) is 0 Å². The zero-order chi connectivity index (χ0) is 9.30. The summed E-state index contributed by atoms with van der Waals surface area (Å²) >= 11 is 0. The third-order valence-corrected chi connectivity index (χ3v) is 1.32. The number of carboxylic acid groups (broad SMARTS) is 1. The summed E-state index contributed by atoms with van der Waals surface area (Å²) in [7, 11) is 0. The number of hydrogen-bond acceptors (Lipinski definition) is 4. The molecule has 4 N–H and O–H groups in total. The average molecular weight is 425 g/mol. The summed E-state index contributed by atoms with van der Waals surface area (Å²) in [5.74, 6) is -3.33. The van der Waals surface area contributed by atoms with Crippen LogP contribution in [-0.4, -0.2) is 94.9 Å². The van der Waals surface area contributed by atoms with Gasteiger partial charge >= 0.3 is 74.5 Å². The normalized spacial score (nSPS) is 7.73. The minimum absolute atomic E-state index is 0. The first kappa shape index (κ1) is 21.8. The van der Waals surface area contributed by atoms with Gasteiger partial charge in [-0.1, -0.05) is 0 Å². The number of carbonyl (C=O) groups is 1. The van der Waals surface area contributed by atoms with E-state index in [1.807, 2.05) is 0 Å². The van der Waals surface area contributed by atoms with Crippen molar-refractivity contribution in [1.29, 1.82) is 0 Å². The Labute approximate surface area is 167 Å². The molecule has 0 aliphatic heterocycles. The molecule has 5 nitrogen and oxygen atoms in total. The van der Waals surface area contributed by atoms with E-state index < -0.39 is 23.2 Å². The molecule has 0 aromatic heterocycles. The second-order valence-electron chi connectivity index (χ2n) is 2.17. The van der Waals surface area contributed by atoms with E-state index >= 15 is 0 Å². The van der Waals surface area contributed by atoms with Gasteiger partial charge in [-0.2, -0.15) is 0 Å². The molecule has 0 unspecified atom stereocenters. The molecule has 15 heavy (non-hydrogen) atoms. The van der Waals surface area contributed by atoms with Gasteiger partial charge in [-0.3, -0.25) is 0 Å². The molecular weight excluding hydrogens is 415 g/mol. The molecule has 0 fully saturated rings. The summed E-state index contributed by atoms with van der Waals surface area (Å²) in [5.41, 5.74) is -0.289. The second-order valence-corrected chi connectivity index (χ2v) is 2.17. The van der Waals surface area contributed by atoms with E-state index in [0.717, 1.165) is 12.1 Å². The molecule has 0 aliphatic rings. The molecule has 0 saturated carbocycles. The van der Waals surface area contributed by atoms with Crippen molar-refractivity contribution in [2.45, 2.75) is 0 Å². The van der Waals surface area contributed by atoms with Crippen LogP contribution in [0.2, 0.25) is 0 Å². The summed E-state index contributed by atoms with van der Waals surface area (Å²) in [6.07, 6.45) is 0. The molecule has 1 radical (unpaired) electrons. The van der Waals surface area contributed by atoms with Crippen LogP contribution in [0.3, 0.4) is 0 Å². The van der Waals surface area contributed by atoms with Crippen molar-refractivity contribution in [3.8, 4) is 17.2 Å². The fourth-order valence-corrected chi connectivity index (χ4v) is 0.728. The summed E-state index contributed by atoms with van der Waals surface area (Å²) in [5, 5.41) is 35.0. The molecule has 8 heteroatoms. The summed E-state index contributed by atoms with van der Waals surface area (Å²) in [4.78, 5) is 10.3. The van der Waals surface area contributed by atoms with Crippen molar-refractivity contribution in [3.63, 3.8) is 0 Å². The number of benzene rings is 1. The molecule has 0 atom stereocenters. The van der Waals surface area contributed by atoms with Crippen molar-refractivity contribution >= 4 is 74.5 Å². The van der Waals surface area contributed by atoms with Crippen molar-refractivity contribution in [3.05, 3.63) is 17.7 Å². The Bertz CT molecular complexity index is 323. The molecule has 1 aromatic rings. The Morgan fingerprint density at radius 1 is 1.07 bits per heavy atom. The SMILES string of the molecule is O=C(O)c1cc(O)c(O)c(O)c1.[La].[MgH2].[SrH2]. The quantitative estimate of drug-likeness (QED) is 0.331. The van der Waals surface area contributed by atoms with E-state index in [2.05, 4.69) is 0 Å². The Morgan fingerprint density at radius 2 is 1.40 bits per heavy atom. The average Bonchev–Trinajstić information content (AvgIpc) is 1.99. The first-order chi connectivity index (χ1) is 5.52. The van der Waals surface area contributed by atoms with Crippen molar-refractivity contribution in [1.82, 2.24) is 0 Å². The van der Waals surface area contributed by atoms with Crippen LogP contribution in [0.4, 0.5) is 0 Å². The molecular formula is C7H10LaMgO5Sr. The zero-order valence-corrected chi connectivity index (χ0v) is 10.1. The van der Waals surface area contributed by atoms with Gasteiger partial charge in [-0.15, -0.1) is 0 Å². The predicted molar refractivity (Wildman–Crippen MR) is 55.5 cm³/mol. The molecule has 0 saturated heterocycles. The number of aromatic carboxylic acids is 1. The second kappa shape index (κ2) is 9.55. The topological polar surface area (TPSA) is 98.0 Å². The van der Waals surface area contributed by atoms with Gasteiger partial charge < -0.3 is 20.4 Å². The molecule has 0 amide bonds. The minimum atomic E-state index is -1.29. The van der Waals surface area contributed by atoms with Crippen LogP contribution in [0.25, 0.3) is 0 Å². The van der Waals surface area contributed by atoms with Crippen LogP contribution in [0.5, 0.6) is 17.2 Å². The Balaban J connectivity index is -0.000000480. The number of carboxylic acids is 1. The summed E-state index contributed by atoms with van der Waals surface area (Å²) < 4.78 is 0. The first-order valence-electron chi connectivity index (χ1n) is 3.00. The first-order valence-corrected chi connectivity index (χ1v) is 3.00. The number of phenolic OH excluding ortho intramolecular Hbond substituents is 3. The van der Waals surface area contributed by atoms with Crippen LogP contribution >= 0.6 is 0 Å². The number of phenols is 3. The molecule has 0 aliphatic carbocycles. The Kier molecular flexibility index (Phi) is 13.9. The molecule has 1 aromatic carbocycles. The molecule has 0 spiro atoms. The van der Waals surface area contributed by atoms with E-state index in [4.69, 9.17) is 20.4 Å². The molecule has 0 heterocycles. The van der Waals surface area contributed by atoms with Crippen molar-refractivity contribution < 1.29 is 60.8 Å². The van der Waals surface area contributed by atoms with E-state index in [-0.39, 0.29) is 110 Å². The fourth-order valence-electron chi connectivity index (χ4n) is 0.728. The van der Waals surface area contributed by atoms with E-state index in [0.29, 0.717) is 0 Å². The van der Waals surface area contributed by atoms with Crippen LogP contribution in [-0.2, 0) is 0 Å². The van der Waals surface area contributed by atoms with Gasteiger partial charge in [-0.25, -0.2) is 4.79 Å². The van der Waals surface area contributed by atoms with E-state index in [1.54, 1.807) is 0 Å². The Morgan fingerprint density at radius 3 is 1.67 bits per heavy atom. The van der Waals surface area contributed by atoms with Gasteiger partial charge in [0.15, 0.2) is 17.2 Å². The van der Waals surface area contributed by atoms with Crippen LogP contribution in [0, 0.1) is 35.6 Å². The third-order valence-electron chi connectivity index (χ3n) is 1.32. The van der Waals surface area contributed by atoms with Crippen molar-refractivity contribution in [2.75, 3.05) is 0 Å². The maximum atomic E-state index is 10.3. The van der Waals surface area contributed by atoms with Gasteiger partial charge in [0, 0.05) is 35.6 Å². The van der Waals surface area contributed by atoms with Gasteiger partial charge in [0.05, 0.1) is 5.56 Å². The van der Waals surface area contributed by atoms with Crippen LogP contribution in [0.15, 0.2) is 12.1 Å². The number of aromatic hydroxyl groups is 3. The van der Waals surface area contributed by atoms with Gasteiger partial charge in [0.25, 0.3) is 0 Å². The van der Waals surface area contributed by atoms with Gasteiger partial charge in [0.1, 0.15) is 0 Å². The van der Waals surface area contributed by atoms with Crippen LogP contribution in [0.1, 0.15) is 10.4 Å². The molecule has 0 bridgehead atoms. The molecule has 75 valence electrons. The van der Waals surface area contributed by atoms with Crippen LogP contribution < -0.4 is 0 Å². The maximum absolute atomic E-state index is 10.3. The summed E-state index contributed by atoms with van der Waals surface area (Å²) in [6.45, 7) is 0. The number of rotatable bonds is 1. The standard InChI is InChI=1S/C7H6O5.La.Mg.Sr.4H/c8-4-1-3(7(11)12)2-5(9)6(4)10;;;;;;;/h1-2,8-10H,(H,11,12);;;;;;;.